The molecule has 16 nitrogen and oxygen atoms in total. The molecule has 6 aliphatic heterocycles. The quantitative estimate of drug-likeness (QED) is 0.0729. The molecule has 12 rings (SSSR count). The van der Waals surface area contributed by atoms with Gasteiger partial charge in [0, 0.05) is 92.8 Å². The highest BCUT2D eigenvalue weighted by Gasteiger charge is 2.37. The van der Waals surface area contributed by atoms with Gasteiger partial charge in [-0.05, 0) is 132 Å². The Hall–Kier alpha value is -6.81. The van der Waals surface area contributed by atoms with Crippen molar-refractivity contribution in [1.29, 1.82) is 0 Å². The lowest BCUT2D eigenvalue weighted by molar-refractivity contribution is -0.139. The molecule has 0 radical (unpaired) electrons. The molecule has 0 spiro atoms. The monoisotopic (exact) mass is 1020 g/mol. The van der Waals surface area contributed by atoms with Gasteiger partial charge in [0.05, 0.1) is 34.7 Å². The number of halogens is 2. The third-order valence-electron chi connectivity index (χ3n) is 17.2. The summed E-state index contributed by atoms with van der Waals surface area (Å²) in [5.74, 6) is 1.27. The molecule has 3 amide bonds. The number of phenols is 1. The first-order chi connectivity index (χ1) is 36.5. The number of piperazine rings is 1. The van der Waals surface area contributed by atoms with Crippen LogP contribution in [0, 0.1) is 29.9 Å². The Bertz CT molecular complexity index is 3250. The van der Waals surface area contributed by atoms with Crippen molar-refractivity contribution in [2.24, 2.45) is 13.0 Å². The molecule has 3 aromatic heterocycles. The molecular weight excluding hydrogens is 957 g/mol. The number of anilines is 1. The van der Waals surface area contributed by atoms with Crippen LogP contribution in [0.15, 0.2) is 48.7 Å². The SMILES string of the molecule is C#Cc1c(F)ccc2cc(O)cc(-c3ncc4c(N5CC6CCC(C5)N6)nc(OCCCN5CCC(C(=O)N6CCC(N7CCC(c8ccc9c(C%10CCC(=O)NC%10=O)nn(C)c9c8)CC7)CC6)CC5)nc4c3F)c12. The van der Waals surface area contributed by atoms with Crippen molar-refractivity contribution in [3.63, 3.8) is 0 Å². The maximum atomic E-state index is 17.0. The van der Waals surface area contributed by atoms with Gasteiger partial charge >= 0.3 is 6.01 Å². The zero-order valence-electron chi connectivity index (χ0n) is 42.4. The Morgan fingerprint density at radius 1 is 0.893 bits per heavy atom. The number of pyridine rings is 1. The van der Waals surface area contributed by atoms with E-state index >= 15 is 8.78 Å². The number of nitrogens with zero attached hydrogens (tertiary/aromatic N) is 9. The predicted molar refractivity (Wildman–Crippen MR) is 280 cm³/mol. The van der Waals surface area contributed by atoms with Gasteiger partial charge in [0.25, 0.3) is 0 Å². The van der Waals surface area contributed by atoms with Crippen LogP contribution >= 0.6 is 0 Å². The maximum absolute atomic E-state index is 17.0. The Kier molecular flexibility index (Phi) is 13.3. The molecule has 390 valence electrons. The molecule has 6 aromatic rings. The zero-order valence-corrected chi connectivity index (χ0v) is 42.4. The molecular formula is C57H63F2N11O5. The van der Waals surface area contributed by atoms with Crippen molar-refractivity contribution in [2.45, 2.75) is 101 Å². The van der Waals surface area contributed by atoms with E-state index in [9.17, 15) is 19.5 Å². The van der Waals surface area contributed by atoms with Crippen LogP contribution in [0.25, 0.3) is 43.8 Å². The first-order valence-corrected chi connectivity index (χ1v) is 26.9. The first kappa shape index (κ1) is 49.1. The lowest BCUT2D eigenvalue weighted by atomic mass is 9.86. The lowest BCUT2D eigenvalue weighted by Gasteiger charge is -2.43. The second-order valence-electron chi connectivity index (χ2n) is 21.7. The van der Waals surface area contributed by atoms with Gasteiger partial charge in [-0.1, -0.05) is 24.1 Å². The number of likely N-dealkylation sites (tertiary alicyclic amines) is 3. The molecule has 18 heteroatoms. The number of carbonyl (C=O) groups is 3. The molecule has 6 fully saturated rings. The number of piperidine rings is 4. The van der Waals surface area contributed by atoms with E-state index in [2.05, 4.69) is 64.3 Å². The van der Waals surface area contributed by atoms with Crippen molar-refractivity contribution in [3.8, 4) is 35.4 Å². The highest BCUT2D eigenvalue weighted by molar-refractivity contribution is 6.04. The molecule has 3 N–H and O–H groups in total. The standard InChI is InChI=1S/C57H63F2N11O5/c1-3-41-46(58)11-6-36-27-40(71)29-44(49(36)41)52-50(59)53-45(30-60-52)54(70-31-37-7-8-38(32-70)61-37)64-57(63-53)75-26-4-19-67-20-13-34(14-21-67)56(74)69-24-17-39(18-25-69)68-22-15-33(16-23-68)35-5-9-42-47(28-35)66(2)65-51(42)43-10-12-48(72)62-55(43)73/h1,5-6,9,11,27-30,33-34,37-39,43,61,71H,4,7-8,10,12-26,31-32H2,2H3,(H,62,72,73). The van der Waals surface area contributed by atoms with E-state index in [1.807, 2.05) is 11.7 Å². The molecule has 0 aliphatic carbocycles. The smallest absolute Gasteiger partial charge is 0.319 e. The van der Waals surface area contributed by atoms with Crippen LogP contribution in [0.3, 0.4) is 0 Å². The van der Waals surface area contributed by atoms with Crippen molar-refractivity contribution in [1.82, 2.24) is 50.1 Å². The largest absolute Gasteiger partial charge is 0.508 e. The summed E-state index contributed by atoms with van der Waals surface area (Å²) in [6, 6.07) is 13.2. The van der Waals surface area contributed by atoms with E-state index < -0.39 is 17.6 Å². The summed E-state index contributed by atoms with van der Waals surface area (Å²) in [6.07, 6.45) is 16.6. The van der Waals surface area contributed by atoms with Crippen LogP contribution < -0.4 is 20.3 Å². The van der Waals surface area contributed by atoms with Gasteiger partial charge in [-0.3, -0.25) is 29.4 Å². The summed E-state index contributed by atoms with van der Waals surface area (Å²) in [4.78, 5) is 61.6. The van der Waals surface area contributed by atoms with E-state index in [1.54, 1.807) is 6.20 Å². The van der Waals surface area contributed by atoms with Gasteiger partial charge in [-0.25, -0.2) is 8.78 Å². The minimum Gasteiger partial charge on any atom is -0.508 e. The molecule has 3 atom stereocenters. The Morgan fingerprint density at radius 3 is 2.41 bits per heavy atom. The number of phenolic OH excluding ortho intramolecular Hbond substituents is 1. The van der Waals surface area contributed by atoms with Crippen LogP contribution in [-0.4, -0.2) is 146 Å². The van der Waals surface area contributed by atoms with Gasteiger partial charge in [-0.2, -0.15) is 15.1 Å². The van der Waals surface area contributed by atoms with E-state index in [0.29, 0.717) is 67.5 Å². The fourth-order valence-electron chi connectivity index (χ4n) is 13.2. The molecule has 3 unspecified atom stereocenters. The van der Waals surface area contributed by atoms with E-state index in [-0.39, 0.29) is 75.2 Å². The van der Waals surface area contributed by atoms with Crippen molar-refractivity contribution in [3.05, 3.63) is 77.1 Å². The minimum absolute atomic E-state index is 0.0133. The zero-order chi connectivity index (χ0) is 51.5. The number of terminal acetylenes is 1. The summed E-state index contributed by atoms with van der Waals surface area (Å²) in [5, 5.41) is 23.6. The maximum Gasteiger partial charge on any atom is 0.319 e. The Labute approximate surface area is 434 Å². The van der Waals surface area contributed by atoms with Gasteiger partial charge in [0.2, 0.25) is 17.7 Å². The van der Waals surface area contributed by atoms with Gasteiger partial charge in [-0.15, -0.1) is 6.42 Å². The number of aromatic hydroxyl groups is 1. The van der Waals surface area contributed by atoms with E-state index in [0.717, 1.165) is 114 Å². The van der Waals surface area contributed by atoms with Crippen LogP contribution in [0.1, 0.15) is 99.3 Å². The number of rotatable bonds is 11. The fourth-order valence-corrected chi connectivity index (χ4v) is 13.2. The number of hydrogen-bond donors (Lipinski definition) is 3. The summed E-state index contributed by atoms with van der Waals surface area (Å²) in [5.41, 5.74) is 3.06. The Morgan fingerprint density at radius 2 is 1.67 bits per heavy atom. The third-order valence-corrected chi connectivity index (χ3v) is 17.2. The number of nitrogens with one attached hydrogen (secondary N) is 2. The number of amides is 3. The third kappa shape index (κ3) is 9.52. The summed E-state index contributed by atoms with van der Waals surface area (Å²) in [6.45, 7) is 7.76. The average Bonchev–Trinajstić information content (AvgIpc) is 3.95. The van der Waals surface area contributed by atoms with E-state index in [4.69, 9.17) is 21.2 Å². The summed E-state index contributed by atoms with van der Waals surface area (Å²) >= 11 is 0. The van der Waals surface area contributed by atoms with Crippen LogP contribution in [0.2, 0.25) is 0 Å². The number of imide groups is 1. The Balaban J connectivity index is 0.631. The summed E-state index contributed by atoms with van der Waals surface area (Å²) < 4.78 is 40.1. The average molecular weight is 1020 g/mol. The number of benzene rings is 3. The predicted octanol–water partition coefficient (Wildman–Crippen LogP) is 6.51. The van der Waals surface area contributed by atoms with Crippen molar-refractivity contribution >= 4 is 56.1 Å². The minimum atomic E-state index is -0.751. The first-order valence-electron chi connectivity index (χ1n) is 26.9. The molecule has 0 saturated carbocycles. The number of hydrogen-bond acceptors (Lipinski definition) is 13. The van der Waals surface area contributed by atoms with Crippen LogP contribution in [-0.2, 0) is 21.4 Å². The highest BCUT2D eigenvalue weighted by Crippen LogP contribution is 2.40. The van der Waals surface area contributed by atoms with Crippen LogP contribution in [0.5, 0.6) is 11.8 Å². The summed E-state index contributed by atoms with van der Waals surface area (Å²) in [7, 11) is 1.92. The van der Waals surface area contributed by atoms with Gasteiger partial charge in [0.15, 0.2) is 5.82 Å². The highest BCUT2D eigenvalue weighted by atomic mass is 19.1. The number of ether oxygens (including phenoxy) is 1. The second-order valence-corrected chi connectivity index (χ2v) is 21.7. The number of aromatic nitrogens is 5. The van der Waals surface area contributed by atoms with Gasteiger partial charge < -0.3 is 34.8 Å². The van der Waals surface area contributed by atoms with Crippen LogP contribution in [0.4, 0.5) is 14.6 Å². The van der Waals surface area contributed by atoms with Crippen molar-refractivity contribution < 1.29 is 33.0 Å². The topological polar surface area (TPSA) is 174 Å². The lowest BCUT2D eigenvalue weighted by Crippen LogP contribution is -2.51. The molecule has 2 bridgehead atoms. The van der Waals surface area contributed by atoms with E-state index in [1.165, 1.54) is 29.8 Å². The molecule has 3 aromatic carbocycles. The molecule has 6 saturated heterocycles. The second kappa shape index (κ2) is 20.4. The number of carbonyl (C=O) groups excluding carboxylic acids is 3. The molecule has 6 aliphatic rings. The fraction of sp³-hybridized carbons (Fsp3) is 0.491. The normalized spacial score (nSPS) is 22.6. The van der Waals surface area contributed by atoms with Crippen molar-refractivity contribution in [2.75, 3.05) is 70.4 Å². The van der Waals surface area contributed by atoms with Gasteiger partial charge in [0.1, 0.15) is 28.6 Å². The molecule has 75 heavy (non-hydrogen) atoms. The number of aryl methyl sites for hydroxylation is 1. The number of fused-ring (bicyclic) bond motifs is 5. The molecule has 9 heterocycles.